The van der Waals surface area contributed by atoms with Gasteiger partial charge in [0.25, 0.3) is 5.91 Å². The van der Waals surface area contributed by atoms with Gasteiger partial charge >= 0.3 is 0 Å². The molecule has 14 heteroatoms. The molecule has 4 aromatic heterocycles. The van der Waals surface area contributed by atoms with Crippen LogP contribution >= 0.6 is 12.2 Å². The molecule has 0 saturated carbocycles. The van der Waals surface area contributed by atoms with E-state index in [9.17, 15) is 17.6 Å². The van der Waals surface area contributed by atoms with Crippen molar-refractivity contribution in [3.8, 4) is 16.9 Å². The van der Waals surface area contributed by atoms with Gasteiger partial charge in [0.15, 0.2) is 15.7 Å². The topological polar surface area (TPSA) is 117 Å². The van der Waals surface area contributed by atoms with Crippen LogP contribution in [0.2, 0.25) is 0 Å². The van der Waals surface area contributed by atoms with E-state index in [1.54, 1.807) is 27.9 Å². The quantitative estimate of drug-likeness (QED) is 0.169. The van der Waals surface area contributed by atoms with E-state index in [2.05, 4.69) is 21.8 Å². The SMILES string of the molecule is C=C(F)C(=O)N1CCN(c2c(S(C)(=O)=O)c(=S)n(-c3c(C)ccnc3C(C)C)c3nc(-c4c(C)ccc5[nH]ncc45)c(F)cc23)CC1. The monoisotopic (exact) mass is 677 g/mol. The van der Waals surface area contributed by atoms with Crippen LogP contribution in [0, 0.1) is 24.3 Å². The number of aryl methyl sites for hydroxylation is 2. The normalized spacial score (nSPS) is 14.0. The molecule has 1 fully saturated rings. The Kier molecular flexibility index (Phi) is 8.20. The van der Waals surface area contributed by atoms with Crippen LogP contribution in [-0.2, 0) is 14.6 Å². The number of aromatic amines is 1. The third kappa shape index (κ3) is 5.48. The number of benzene rings is 1. The molecule has 1 N–H and O–H groups in total. The van der Waals surface area contributed by atoms with Gasteiger partial charge in [0.1, 0.15) is 26.7 Å². The number of H-pyrrole nitrogens is 1. The van der Waals surface area contributed by atoms with Crippen LogP contribution in [0.5, 0.6) is 0 Å². The van der Waals surface area contributed by atoms with Crippen molar-refractivity contribution >= 4 is 55.6 Å². The minimum atomic E-state index is -4.03. The Balaban J connectivity index is 1.75. The first-order valence-corrected chi connectivity index (χ1v) is 17.3. The van der Waals surface area contributed by atoms with Crippen molar-refractivity contribution in [2.24, 2.45) is 0 Å². The van der Waals surface area contributed by atoms with Crippen LogP contribution in [0.3, 0.4) is 0 Å². The molecule has 10 nitrogen and oxygen atoms in total. The number of carbonyl (C=O) groups is 1. The number of rotatable bonds is 6. The van der Waals surface area contributed by atoms with E-state index in [1.165, 1.54) is 11.0 Å². The molecule has 5 heterocycles. The van der Waals surface area contributed by atoms with Crippen LogP contribution < -0.4 is 4.90 Å². The fourth-order valence-corrected chi connectivity index (χ4v) is 8.03. The van der Waals surface area contributed by atoms with E-state index in [0.29, 0.717) is 27.8 Å². The summed E-state index contributed by atoms with van der Waals surface area (Å²) in [5.41, 5.74) is 4.46. The average molecular weight is 678 g/mol. The van der Waals surface area contributed by atoms with E-state index in [0.717, 1.165) is 17.4 Å². The van der Waals surface area contributed by atoms with Crippen molar-refractivity contribution in [1.82, 2.24) is 29.6 Å². The van der Waals surface area contributed by atoms with Crippen molar-refractivity contribution < 1.29 is 22.0 Å². The molecule has 1 aliphatic heterocycles. The number of hydrogen-bond donors (Lipinski definition) is 1. The second-order valence-electron chi connectivity index (χ2n) is 12.1. The molecular formula is C33H33F2N7O3S2. The van der Waals surface area contributed by atoms with Gasteiger partial charge in [-0.2, -0.15) is 5.10 Å². The van der Waals surface area contributed by atoms with Crippen LogP contribution in [-0.4, -0.2) is 76.4 Å². The van der Waals surface area contributed by atoms with Crippen molar-refractivity contribution in [2.45, 2.75) is 38.5 Å². The van der Waals surface area contributed by atoms with Crippen LogP contribution in [0.25, 0.3) is 38.9 Å². The van der Waals surface area contributed by atoms with Gasteiger partial charge in [-0.05, 0) is 49.1 Å². The molecule has 0 bridgehead atoms. The fourth-order valence-electron chi connectivity index (χ4n) is 6.31. The number of sulfone groups is 1. The van der Waals surface area contributed by atoms with Gasteiger partial charge in [0.05, 0.1) is 28.8 Å². The molecule has 0 atom stereocenters. The Bertz CT molecular complexity index is 2290. The lowest BCUT2D eigenvalue weighted by Crippen LogP contribution is -2.49. The predicted octanol–water partition coefficient (Wildman–Crippen LogP) is 6.11. The summed E-state index contributed by atoms with van der Waals surface area (Å²) < 4.78 is 59.1. The Hall–Kier alpha value is -4.56. The number of pyridine rings is 3. The number of carbonyl (C=O) groups excluding carboxylic acids is 1. The smallest absolute Gasteiger partial charge is 0.282 e. The largest absolute Gasteiger partial charge is 0.366 e. The molecule has 47 heavy (non-hydrogen) atoms. The zero-order valence-corrected chi connectivity index (χ0v) is 28.2. The van der Waals surface area contributed by atoms with Crippen LogP contribution in [0.1, 0.15) is 36.6 Å². The van der Waals surface area contributed by atoms with Crippen LogP contribution in [0.15, 0.2) is 54.0 Å². The molecule has 1 amide bonds. The molecule has 0 spiro atoms. The van der Waals surface area contributed by atoms with Gasteiger partial charge in [-0.25, -0.2) is 22.2 Å². The summed E-state index contributed by atoms with van der Waals surface area (Å²) in [6.45, 7) is 11.2. The summed E-state index contributed by atoms with van der Waals surface area (Å²) in [7, 11) is -4.03. The highest BCUT2D eigenvalue weighted by atomic mass is 32.2. The van der Waals surface area contributed by atoms with Gasteiger partial charge in [0, 0.05) is 55.0 Å². The van der Waals surface area contributed by atoms with Gasteiger partial charge in [-0.15, -0.1) is 0 Å². The number of hydrogen-bond acceptors (Lipinski definition) is 8. The third-order valence-electron chi connectivity index (χ3n) is 8.52. The fraction of sp³-hybridized carbons (Fsp3) is 0.303. The maximum absolute atomic E-state index is 16.6. The maximum Gasteiger partial charge on any atom is 0.282 e. The number of anilines is 1. The summed E-state index contributed by atoms with van der Waals surface area (Å²) in [5.74, 6) is -2.67. The molecule has 0 aliphatic carbocycles. The standard InChI is InChI=1S/C33H33F2N7O3S2/c1-17(2)26-28(19(4)9-10-36-26)42-31-21(15-23(35)27(38-31)25-18(3)7-8-24-22(25)16-37-39-24)29(30(33(42)46)47(6,44)45)40-11-13-41(14-12-40)32(43)20(5)34/h7-10,15-17H,5,11-14H2,1-4,6H3,(H,37,39). The molecule has 1 aliphatic rings. The minimum absolute atomic E-state index is 0.0352. The zero-order chi connectivity index (χ0) is 33.9. The zero-order valence-electron chi connectivity index (χ0n) is 26.6. The number of halogens is 2. The summed E-state index contributed by atoms with van der Waals surface area (Å²) in [4.78, 5) is 24.8. The van der Waals surface area contributed by atoms with E-state index in [1.807, 2.05) is 39.8 Å². The van der Waals surface area contributed by atoms with Crippen molar-refractivity contribution in [3.05, 3.63) is 76.3 Å². The lowest BCUT2D eigenvalue weighted by molar-refractivity contribution is -0.128. The molecule has 0 unspecified atom stereocenters. The molecule has 5 aromatic rings. The molecule has 6 rings (SSSR count). The molecule has 1 aromatic carbocycles. The third-order valence-corrected chi connectivity index (χ3v) is 10.2. The molecule has 244 valence electrons. The number of amides is 1. The number of fused-ring (bicyclic) bond motifs is 2. The molecule has 0 radical (unpaired) electrons. The first-order chi connectivity index (χ1) is 22.2. The molecular weight excluding hydrogens is 645 g/mol. The first kappa shape index (κ1) is 32.4. The van der Waals surface area contributed by atoms with E-state index in [-0.39, 0.29) is 64.0 Å². The molecule has 1 saturated heterocycles. The van der Waals surface area contributed by atoms with Gasteiger partial charge < -0.3 is 9.80 Å². The summed E-state index contributed by atoms with van der Waals surface area (Å²) in [5, 5.41) is 7.96. The minimum Gasteiger partial charge on any atom is -0.366 e. The van der Waals surface area contributed by atoms with Gasteiger partial charge in [-0.3, -0.25) is 19.4 Å². The van der Waals surface area contributed by atoms with Gasteiger partial charge in [-0.1, -0.05) is 38.7 Å². The number of nitrogens with zero attached hydrogens (tertiary/aromatic N) is 6. The summed E-state index contributed by atoms with van der Waals surface area (Å²) in [6.07, 6.45) is 4.36. The van der Waals surface area contributed by atoms with Crippen LogP contribution in [0.4, 0.5) is 14.5 Å². The highest BCUT2D eigenvalue weighted by molar-refractivity contribution is 7.91. The average Bonchev–Trinajstić information content (AvgIpc) is 3.49. The van der Waals surface area contributed by atoms with Crippen molar-refractivity contribution in [1.29, 1.82) is 0 Å². The lowest BCUT2D eigenvalue weighted by Gasteiger charge is -2.37. The highest BCUT2D eigenvalue weighted by Gasteiger charge is 2.32. The number of aromatic nitrogens is 5. The van der Waals surface area contributed by atoms with Gasteiger partial charge in [0.2, 0.25) is 0 Å². The number of piperazine rings is 1. The Morgan fingerprint density at radius 2 is 1.77 bits per heavy atom. The van der Waals surface area contributed by atoms with Crippen molar-refractivity contribution in [2.75, 3.05) is 37.3 Å². The summed E-state index contributed by atoms with van der Waals surface area (Å²) >= 11 is 6.05. The number of nitrogens with one attached hydrogen (secondary N) is 1. The Morgan fingerprint density at radius 3 is 2.40 bits per heavy atom. The second kappa shape index (κ2) is 11.9. The summed E-state index contributed by atoms with van der Waals surface area (Å²) in [6, 6.07) is 6.81. The Labute approximate surface area is 275 Å². The predicted molar refractivity (Wildman–Crippen MR) is 180 cm³/mol. The Morgan fingerprint density at radius 1 is 1.06 bits per heavy atom. The maximum atomic E-state index is 16.6. The van der Waals surface area contributed by atoms with E-state index in [4.69, 9.17) is 17.2 Å². The lowest BCUT2D eigenvalue weighted by atomic mass is 9.99. The van der Waals surface area contributed by atoms with Crippen molar-refractivity contribution in [3.63, 3.8) is 0 Å². The van der Waals surface area contributed by atoms with E-state index < -0.39 is 27.4 Å². The first-order valence-electron chi connectivity index (χ1n) is 15.0. The second-order valence-corrected chi connectivity index (χ2v) is 14.4. The van der Waals surface area contributed by atoms with E-state index >= 15 is 4.39 Å². The highest BCUT2D eigenvalue weighted by Crippen LogP contribution is 2.41.